The normalized spacial score (nSPS) is 31.3. The zero-order valence-electron chi connectivity index (χ0n) is 20.1. The summed E-state index contributed by atoms with van der Waals surface area (Å²) in [4.78, 5) is 55.2. The number of aliphatic carboxylic acids is 1. The van der Waals surface area contributed by atoms with Crippen LogP contribution >= 0.6 is 23.1 Å². The van der Waals surface area contributed by atoms with Crippen molar-refractivity contribution in [3.05, 3.63) is 32.2 Å². The molecule has 2 aromatic rings. The summed E-state index contributed by atoms with van der Waals surface area (Å²) in [6.45, 7) is 0.120. The third-order valence-corrected chi connectivity index (χ3v) is 11.0. The topological polar surface area (TPSA) is 146 Å². The summed E-state index contributed by atoms with van der Waals surface area (Å²) >= 11 is 2.74. The number of rotatable bonds is 7. The van der Waals surface area contributed by atoms with Crippen molar-refractivity contribution in [3.8, 4) is 17.2 Å². The Bertz CT molecular complexity index is 1340. The van der Waals surface area contributed by atoms with Crippen molar-refractivity contribution in [2.75, 3.05) is 20.8 Å². The molecule has 10 nitrogen and oxygen atoms in total. The van der Waals surface area contributed by atoms with Crippen LogP contribution in [0.25, 0.3) is 0 Å². The van der Waals surface area contributed by atoms with Gasteiger partial charge in [0.05, 0.1) is 31.1 Å². The number of methoxy groups -OCH3 is 2. The fourth-order valence-corrected chi connectivity index (χ4v) is 10.0. The van der Waals surface area contributed by atoms with Crippen molar-refractivity contribution in [2.24, 2.45) is 29.6 Å². The number of phenols is 1. The van der Waals surface area contributed by atoms with Crippen LogP contribution in [-0.2, 0) is 14.4 Å². The minimum Gasteiger partial charge on any atom is -0.502 e. The van der Waals surface area contributed by atoms with Crippen LogP contribution in [0.4, 0.5) is 0 Å². The van der Waals surface area contributed by atoms with Gasteiger partial charge in [-0.25, -0.2) is 0 Å². The van der Waals surface area contributed by atoms with E-state index >= 15 is 0 Å². The maximum absolute atomic E-state index is 13.5. The number of imide groups is 1. The number of nitrogens with zero attached hydrogens (tertiary/aromatic N) is 1. The van der Waals surface area contributed by atoms with Crippen LogP contribution in [0.5, 0.6) is 17.2 Å². The van der Waals surface area contributed by atoms with Gasteiger partial charge in [0.1, 0.15) is 0 Å². The largest absolute Gasteiger partial charge is 0.502 e. The van der Waals surface area contributed by atoms with Crippen LogP contribution in [0.1, 0.15) is 35.6 Å². The smallest absolute Gasteiger partial charge is 0.305 e. The van der Waals surface area contributed by atoms with Crippen molar-refractivity contribution >= 4 is 40.9 Å². The molecule has 1 saturated heterocycles. The lowest BCUT2D eigenvalue weighted by molar-refractivity contribution is -0.142. The number of aromatic amines is 1. The molecule has 1 aromatic carbocycles. The molecule has 2 amide bonds. The molecule has 7 atom stereocenters. The van der Waals surface area contributed by atoms with Crippen molar-refractivity contribution in [3.63, 3.8) is 0 Å². The fraction of sp³-hybridized carbons (Fsp3) is 0.520. The van der Waals surface area contributed by atoms with Gasteiger partial charge in [0.15, 0.2) is 11.5 Å². The molecule has 3 fully saturated rings. The molecule has 2 saturated carbocycles. The van der Waals surface area contributed by atoms with Crippen LogP contribution in [0.3, 0.4) is 0 Å². The second kappa shape index (κ2) is 8.80. The molecule has 3 heterocycles. The molecule has 3 N–H and O–H groups in total. The average Bonchev–Trinajstić information content (AvgIpc) is 3.59. The SMILES string of the molecule is COc1cc([C@@H]2c3sc(=O)[nH]c3S[C@@H]3[C@H]4C[C@@H]([C@@H]5C(=O)N(CCCC(=O)O)C(=O)[C@@H]45)[C@@H]23)cc(OC)c1O. The molecule has 2 aliphatic heterocycles. The van der Waals surface area contributed by atoms with Crippen molar-refractivity contribution in [1.82, 2.24) is 9.88 Å². The quantitative estimate of drug-likeness (QED) is 0.446. The predicted octanol–water partition coefficient (Wildman–Crippen LogP) is 2.50. The second-order valence-electron chi connectivity index (χ2n) is 10.1. The second-order valence-corrected chi connectivity index (χ2v) is 12.3. The number of fused-ring (bicyclic) bond motifs is 9. The van der Waals surface area contributed by atoms with Crippen LogP contribution in [0.2, 0.25) is 0 Å². The Kier molecular flexibility index (Phi) is 5.79. The van der Waals surface area contributed by atoms with Crippen LogP contribution in [0, 0.1) is 29.6 Å². The number of hydrogen-bond acceptors (Lipinski definition) is 9. The summed E-state index contributed by atoms with van der Waals surface area (Å²) in [7, 11) is 2.92. The molecule has 6 rings (SSSR count). The summed E-state index contributed by atoms with van der Waals surface area (Å²) in [5.41, 5.74) is 0.817. The summed E-state index contributed by atoms with van der Waals surface area (Å²) in [6, 6.07) is 3.51. The van der Waals surface area contributed by atoms with Crippen molar-refractivity contribution < 1.29 is 34.1 Å². The molecule has 37 heavy (non-hydrogen) atoms. The lowest BCUT2D eigenvalue weighted by Crippen LogP contribution is -2.42. The van der Waals surface area contributed by atoms with Crippen molar-refractivity contribution in [1.29, 1.82) is 0 Å². The molecule has 0 radical (unpaired) electrons. The van der Waals surface area contributed by atoms with E-state index in [4.69, 9.17) is 14.6 Å². The van der Waals surface area contributed by atoms with Gasteiger partial charge in [0.25, 0.3) is 0 Å². The van der Waals surface area contributed by atoms with E-state index in [1.54, 1.807) is 23.9 Å². The summed E-state index contributed by atoms with van der Waals surface area (Å²) in [5, 5.41) is 20.3. The first kappa shape index (κ1) is 24.4. The number of amides is 2. The number of benzene rings is 1. The Morgan fingerprint density at radius 1 is 1.11 bits per heavy atom. The molecule has 1 aromatic heterocycles. The monoisotopic (exact) mass is 546 g/mol. The van der Waals surface area contributed by atoms with E-state index < -0.39 is 17.8 Å². The Morgan fingerprint density at radius 2 is 1.76 bits per heavy atom. The highest BCUT2D eigenvalue weighted by Gasteiger charge is 2.69. The van der Waals surface area contributed by atoms with Crippen LogP contribution in [0.15, 0.2) is 22.0 Å². The number of thioether (sulfide) groups is 1. The number of thiazole rings is 1. The maximum Gasteiger partial charge on any atom is 0.305 e. The Labute approximate surface area is 220 Å². The highest BCUT2D eigenvalue weighted by molar-refractivity contribution is 8.00. The Morgan fingerprint density at radius 3 is 2.38 bits per heavy atom. The van der Waals surface area contributed by atoms with E-state index in [9.17, 15) is 24.3 Å². The van der Waals surface area contributed by atoms with Gasteiger partial charge < -0.3 is 24.7 Å². The molecule has 196 valence electrons. The fourth-order valence-electron chi connectivity index (χ4n) is 7.15. The number of phenolic OH excluding ortho intramolecular Hbond substituents is 1. The van der Waals surface area contributed by atoms with Gasteiger partial charge >= 0.3 is 10.8 Å². The molecule has 12 heteroatoms. The lowest BCUT2D eigenvalue weighted by Gasteiger charge is -2.43. The number of H-pyrrole nitrogens is 1. The first-order chi connectivity index (χ1) is 17.7. The van der Waals surface area contributed by atoms with Gasteiger partial charge in [-0.05, 0) is 48.3 Å². The van der Waals surface area contributed by atoms with E-state index in [0.29, 0.717) is 0 Å². The minimum atomic E-state index is -0.954. The minimum absolute atomic E-state index is 0.00938. The molecule has 2 bridgehead atoms. The molecule has 0 spiro atoms. The first-order valence-corrected chi connectivity index (χ1v) is 13.9. The lowest BCUT2D eigenvalue weighted by atomic mass is 9.68. The number of hydrogen-bond donors (Lipinski definition) is 3. The third-order valence-electron chi connectivity index (χ3n) is 8.45. The van der Waals surface area contributed by atoms with Gasteiger partial charge in [-0.3, -0.25) is 24.1 Å². The zero-order valence-corrected chi connectivity index (χ0v) is 21.8. The molecular formula is C25H26N2O8S2. The summed E-state index contributed by atoms with van der Waals surface area (Å²) in [5.74, 6) is -2.14. The number of likely N-dealkylation sites (tertiary alicyclic amines) is 1. The number of carbonyl (C=O) groups excluding carboxylic acids is 2. The number of carboxylic acids is 1. The maximum atomic E-state index is 13.5. The zero-order chi connectivity index (χ0) is 26.2. The first-order valence-electron chi connectivity index (χ1n) is 12.2. The third kappa shape index (κ3) is 3.52. The number of carbonyl (C=O) groups is 3. The van der Waals surface area contributed by atoms with Crippen LogP contribution < -0.4 is 14.3 Å². The van der Waals surface area contributed by atoms with E-state index in [-0.39, 0.29) is 82.2 Å². The summed E-state index contributed by atoms with van der Waals surface area (Å²) < 4.78 is 10.8. The molecular weight excluding hydrogens is 520 g/mol. The number of carboxylic acid groups (broad SMARTS) is 1. The van der Waals surface area contributed by atoms with Gasteiger partial charge in [0.2, 0.25) is 17.6 Å². The molecule has 2 aliphatic carbocycles. The number of nitrogens with one attached hydrogen (secondary N) is 1. The Balaban J connectivity index is 1.41. The van der Waals surface area contributed by atoms with Gasteiger partial charge in [-0.2, -0.15) is 0 Å². The number of ether oxygens (including phenoxy) is 2. The van der Waals surface area contributed by atoms with Gasteiger partial charge in [-0.1, -0.05) is 11.3 Å². The van der Waals surface area contributed by atoms with E-state index in [2.05, 4.69) is 4.98 Å². The highest BCUT2D eigenvalue weighted by atomic mass is 32.2. The molecule has 0 unspecified atom stereocenters. The Hall–Kier alpha value is -2.99. The average molecular weight is 547 g/mol. The van der Waals surface area contributed by atoms with E-state index in [1.165, 1.54) is 19.1 Å². The number of aromatic nitrogens is 1. The standard InChI is InChI=1S/C25H26N2O8S2/c1-34-12-6-9(7-13(35-2)19(12)30)15-16-10-8-11(20(16)36-22-21(15)37-25(33)26-22)18-17(10)23(31)27(24(18)32)5-3-4-14(28)29/h6-7,10-11,15-18,20,30H,3-5,8H2,1-2H3,(H,26,33)(H,28,29)/t10-,11+,15+,16+,17+,18+,20-/m1/s1. The highest BCUT2D eigenvalue weighted by Crippen LogP contribution is 2.68. The predicted molar refractivity (Wildman–Crippen MR) is 133 cm³/mol. The van der Waals surface area contributed by atoms with E-state index in [1.807, 2.05) is 0 Å². The van der Waals surface area contributed by atoms with Crippen LogP contribution in [-0.4, -0.2) is 63.9 Å². The van der Waals surface area contributed by atoms with E-state index in [0.717, 1.165) is 33.2 Å². The van der Waals surface area contributed by atoms with Crippen molar-refractivity contribution in [2.45, 2.75) is 35.5 Å². The molecule has 4 aliphatic rings. The van der Waals surface area contributed by atoms with Gasteiger partial charge in [0, 0.05) is 29.0 Å². The number of aromatic hydroxyl groups is 1. The van der Waals surface area contributed by atoms with Gasteiger partial charge in [-0.15, -0.1) is 11.8 Å². The summed E-state index contributed by atoms with van der Waals surface area (Å²) in [6.07, 6.45) is 0.887.